The summed E-state index contributed by atoms with van der Waals surface area (Å²) in [7, 11) is 0. The quantitative estimate of drug-likeness (QED) is 0.281. The van der Waals surface area contributed by atoms with Crippen molar-refractivity contribution in [2.45, 2.75) is 65.2 Å². The van der Waals surface area contributed by atoms with Crippen molar-refractivity contribution in [2.75, 3.05) is 13.1 Å². The van der Waals surface area contributed by atoms with Gasteiger partial charge in [0.2, 0.25) is 5.91 Å². The van der Waals surface area contributed by atoms with Crippen molar-refractivity contribution in [3.8, 4) is 0 Å². The number of halogens is 2. The molecule has 0 aromatic heterocycles. The Morgan fingerprint density at radius 1 is 0.960 bits per heavy atom. The van der Waals surface area contributed by atoms with Crippen molar-refractivity contribution < 1.29 is 4.79 Å². The molecule has 1 amide bonds. The van der Waals surface area contributed by atoms with E-state index < -0.39 is 0 Å². The van der Waals surface area contributed by atoms with Crippen LogP contribution in [0.2, 0.25) is 10.0 Å². The summed E-state index contributed by atoms with van der Waals surface area (Å²) < 4.78 is 0. The maximum atomic E-state index is 12.6. The summed E-state index contributed by atoms with van der Waals surface area (Å²) in [5, 5.41) is 1.16. The highest BCUT2D eigenvalue weighted by molar-refractivity contribution is 6.35. The lowest BCUT2D eigenvalue weighted by molar-refractivity contribution is -0.126. The maximum Gasteiger partial charge on any atom is 0.246 e. The van der Waals surface area contributed by atoms with Gasteiger partial charge in [0.1, 0.15) is 0 Å². The predicted molar refractivity (Wildman–Crippen MR) is 110 cm³/mol. The van der Waals surface area contributed by atoms with E-state index in [1.807, 2.05) is 11.0 Å². The molecule has 0 bridgehead atoms. The summed E-state index contributed by atoms with van der Waals surface area (Å²) in [4.78, 5) is 14.6. The molecule has 0 aliphatic heterocycles. The normalized spacial score (nSPS) is 11.2. The Morgan fingerprint density at radius 3 is 2.08 bits per heavy atom. The topological polar surface area (TPSA) is 20.3 Å². The fourth-order valence-electron chi connectivity index (χ4n) is 2.69. The van der Waals surface area contributed by atoms with Crippen LogP contribution < -0.4 is 0 Å². The third kappa shape index (κ3) is 9.32. The van der Waals surface area contributed by atoms with Crippen molar-refractivity contribution in [1.29, 1.82) is 0 Å². The van der Waals surface area contributed by atoms with Gasteiger partial charge in [0, 0.05) is 29.2 Å². The van der Waals surface area contributed by atoms with Gasteiger partial charge in [0.05, 0.1) is 0 Å². The summed E-state index contributed by atoms with van der Waals surface area (Å²) >= 11 is 12.1. The van der Waals surface area contributed by atoms with E-state index in [9.17, 15) is 4.79 Å². The molecule has 0 aliphatic rings. The molecular weight excluding hydrogens is 353 g/mol. The maximum absolute atomic E-state index is 12.6. The van der Waals surface area contributed by atoms with E-state index in [0.29, 0.717) is 10.0 Å². The first kappa shape index (κ1) is 22.1. The molecule has 0 unspecified atom stereocenters. The lowest BCUT2D eigenvalue weighted by Crippen LogP contribution is -2.31. The van der Waals surface area contributed by atoms with Crippen LogP contribution in [-0.2, 0) is 4.79 Å². The molecule has 0 atom stereocenters. The number of benzene rings is 1. The van der Waals surface area contributed by atoms with Gasteiger partial charge in [-0.25, -0.2) is 0 Å². The van der Waals surface area contributed by atoms with E-state index in [1.54, 1.807) is 24.3 Å². The van der Waals surface area contributed by atoms with Crippen LogP contribution in [0.15, 0.2) is 24.3 Å². The summed E-state index contributed by atoms with van der Waals surface area (Å²) in [5.74, 6) is 0.0685. The first-order chi connectivity index (χ1) is 12.1. The van der Waals surface area contributed by atoms with Crippen LogP contribution in [0.4, 0.5) is 0 Å². The van der Waals surface area contributed by atoms with E-state index in [0.717, 1.165) is 31.5 Å². The third-order valence-electron chi connectivity index (χ3n) is 4.24. The lowest BCUT2D eigenvalue weighted by Gasteiger charge is -2.21. The monoisotopic (exact) mass is 383 g/mol. The summed E-state index contributed by atoms with van der Waals surface area (Å²) in [6.45, 7) is 6.08. The van der Waals surface area contributed by atoms with Gasteiger partial charge in [0.15, 0.2) is 0 Å². The Kier molecular flexibility index (Phi) is 11.7. The Hall–Kier alpha value is -0.990. The summed E-state index contributed by atoms with van der Waals surface area (Å²) in [6.07, 6.45) is 12.8. The molecule has 0 saturated carbocycles. The smallest absolute Gasteiger partial charge is 0.246 e. The summed E-state index contributed by atoms with van der Waals surface area (Å²) in [6, 6.07) is 5.31. The Balaban J connectivity index is 2.63. The zero-order valence-corrected chi connectivity index (χ0v) is 17.1. The third-order valence-corrected chi connectivity index (χ3v) is 4.81. The molecule has 140 valence electrons. The Morgan fingerprint density at radius 2 is 1.56 bits per heavy atom. The molecule has 0 heterocycles. The molecule has 0 saturated heterocycles. The predicted octanol–water partition coefficient (Wildman–Crippen LogP) is 7.00. The van der Waals surface area contributed by atoms with E-state index in [4.69, 9.17) is 23.2 Å². The van der Waals surface area contributed by atoms with E-state index >= 15 is 0 Å². The second kappa shape index (κ2) is 13.2. The highest BCUT2D eigenvalue weighted by Crippen LogP contribution is 2.22. The van der Waals surface area contributed by atoms with Gasteiger partial charge in [-0.3, -0.25) is 4.79 Å². The molecule has 0 fully saturated rings. The van der Waals surface area contributed by atoms with Gasteiger partial charge in [0.25, 0.3) is 0 Å². The van der Waals surface area contributed by atoms with Crippen LogP contribution in [0.1, 0.15) is 70.8 Å². The van der Waals surface area contributed by atoms with E-state index in [2.05, 4.69) is 13.8 Å². The number of unbranched alkanes of at least 4 members (excludes halogenated alkanes) is 6. The van der Waals surface area contributed by atoms with Gasteiger partial charge in [-0.15, -0.1) is 0 Å². The van der Waals surface area contributed by atoms with E-state index in [-0.39, 0.29) is 5.91 Å². The molecule has 25 heavy (non-hydrogen) atoms. The number of carbonyl (C=O) groups excluding carboxylic acids is 1. The number of amides is 1. The molecular formula is C21H31Cl2NO. The molecule has 4 heteroatoms. The van der Waals surface area contributed by atoms with Gasteiger partial charge in [-0.05, 0) is 36.6 Å². The molecule has 0 aliphatic carbocycles. The zero-order chi connectivity index (χ0) is 18.5. The highest BCUT2D eigenvalue weighted by Gasteiger charge is 2.10. The highest BCUT2D eigenvalue weighted by atomic mass is 35.5. The van der Waals surface area contributed by atoms with Gasteiger partial charge in [-0.1, -0.05) is 81.6 Å². The first-order valence-corrected chi connectivity index (χ1v) is 10.3. The Bertz CT molecular complexity index is 531. The fraction of sp³-hybridized carbons (Fsp3) is 0.571. The van der Waals surface area contributed by atoms with Crippen LogP contribution >= 0.6 is 23.2 Å². The van der Waals surface area contributed by atoms with Crippen molar-refractivity contribution in [1.82, 2.24) is 4.90 Å². The minimum atomic E-state index is 0.0685. The molecule has 0 spiro atoms. The van der Waals surface area contributed by atoms with Gasteiger partial charge in [-0.2, -0.15) is 0 Å². The average Bonchev–Trinajstić information content (AvgIpc) is 2.59. The molecule has 2 nitrogen and oxygen atoms in total. The number of rotatable bonds is 12. The zero-order valence-electron chi connectivity index (χ0n) is 15.6. The van der Waals surface area contributed by atoms with Gasteiger partial charge >= 0.3 is 0 Å². The van der Waals surface area contributed by atoms with Crippen LogP contribution in [0.25, 0.3) is 6.08 Å². The SMILES string of the molecule is CCCCCCN(CCCCCC)C(=O)C=Cc1ccc(Cl)cc1Cl. The number of carbonyl (C=O) groups is 1. The van der Waals surface area contributed by atoms with Crippen molar-refractivity contribution in [3.63, 3.8) is 0 Å². The van der Waals surface area contributed by atoms with Gasteiger partial charge < -0.3 is 4.90 Å². The standard InChI is InChI=1S/C21H31Cl2NO/c1-3-5-7-9-15-24(16-10-8-6-4-2)21(25)14-12-18-11-13-19(22)17-20(18)23/h11-14,17H,3-10,15-16H2,1-2H3. The number of nitrogens with zero attached hydrogens (tertiary/aromatic N) is 1. The lowest BCUT2D eigenvalue weighted by atomic mass is 10.1. The van der Waals surface area contributed by atoms with Crippen molar-refractivity contribution >= 4 is 35.2 Å². The van der Waals surface area contributed by atoms with Crippen LogP contribution in [0.5, 0.6) is 0 Å². The molecule has 0 radical (unpaired) electrons. The fourth-order valence-corrected chi connectivity index (χ4v) is 3.17. The molecule has 1 aromatic rings. The molecule has 1 aromatic carbocycles. The molecule has 1 rings (SSSR count). The van der Waals surface area contributed by atoms with Crippen molar-refractivity contribution in [3.05, 3.63) is 39.9 Å². The second-order valence-corrected chi connectivity index (χ2v) is 7.29. The largest absolute Gasteiger partial charge is 0.339 e. The minimum absolute atomic E-state index is 0.0685. The number of hydrogen-bond donors (Lipinski definition) is 0. The molecule has 0 N–H and O–H groups in total. The second-order valence-electron chi connectivity index (χ2n) is 6.45. The van der Waals surface area contributed by atoms with Crippen LogP contribution in [0.3, 0.4) is 0 Å². The van der Waals surface area contributed by atoms with Crippen LogP contribution in [0, 0.1) is 0 Å². The minimum Gasteiger partial charge on any atom is -0.339 e. The average molecular weight is 384 g/mol. The number of hydrogen-bond acceptors (Lipinski definition) is 1. The van der Waals surface area contributed by atoms with E-state index in [1.165, 1.54) is 38.5 Å². The van der Waals surface area contributed by atoms with Crippen LogP contribution in [-0.4, -0.2) is 23.9 Å². The summed E-state index contributed by atoms with van der Waals surface area (Å²) in [5.41, 5.74) is 0.816. The first-order valence-electron chi connectivity index (χ1n) is 9.50. The Labute approximate surface area is 163 Å². The van der Waals surface area contributed by atoms with Crippen molar-refractivity contribution in [2.24, 2.45) is 0 Å².